The summed E-state index contributed by atoms with van der Waals surface area (Å²) in [4.78, 5) is 16.9. The lowest BCUT2D eigenvalue weighted by molar-refractivity contribution is -0.114. The monoisotopic (exact) mass is 315 g/mol. The molecule has 1 amide bonds. The Hall–Kier alpha value is -2.01. The minimum atomic E-state index is -0.0695. The molecule has 2 aromatic rings. The standard InChI is InChI=1S/C18H25N3O2/c1-3-21-8-6-14(7-9-21)12-23-15-4-5-17-16(10-15)18(11-19-17)20-13(2)22/h4-5,10-11,14,19H,3,6-9,12H2,1-2H3,(H,20,22). The second-order valence-corrected chi connectivity index (χ2v) is 6.28. The van der Waals surface area contributed by atoms with Crippen molar-refractivity contribution in [1.82, 2.24) is 9.88 Å². The van der Waals surface area contributed by atoms with Crippen LogP contribution in [0.2, 0.25) is 0 Å². The zero-order valence-corrected chi connectivity index (χ0v) is 13.9. The number of aromatic nitrogens is 1. The summed E-state index contributed by atoms with van der Waals surface area (Å²) in [5.74, 6) is 1.43. The summed E-state index contributed by atoms with van der Waals surface area (Å²) in [7, 11) is 0. The van der Waals surface area contributed by atoms with E-state index in [-0.39, 0.29) is 5.91 Å². The molecular formula is C18H25N3O2. The molecule has 2 heterocycles. The Kier molecular flexibility index (Phi) is 4.86. The Labute approximate surface area is 137 Å². The number of anilines is 1. The average Bonchev–Trinajstić information content (AvgIpc) is 2.95. The topological polar surface area (TPSA) is 57.4 Å². The number of hydrogen-bond acceptors (Lipinski definition) is 3. The first-order valence-electron chi connectivity index (χ1n) is 8.39. The second-order valence-electron chi connectivity index (χ2n) is 6.28. The van der Waals surface area contributed by atoms with Crippen LogP contribution in [0.4, 0.5) is 5.69 Å². The van der Waals surface area contributed by atoms with Crippen molar-refractivity contribution in [2.75, 3.05) is 31.6 Å². The number of rotatable bonds is 5. The molecule has 0 radical (unpaired) electrons. The highest BCUT2D eigenvalue weighted by Gasteiger charge is 2.18. The lowest BCUT2D eigenvalue weighted by Gasteiger charge is -2.30. The maximum Gasteiger partial charge on any atom is 0.221 e. The molecule has 3 rings (SSSR count). The zero-order chi connectivity index (χ0) is 16.2. The third-order valence-corrected chi connectivity index (χ3v) is 4.60. The maximum absolute atomic E-state index is 11.3. The van der Waals surface area contributed by atoms with Crippen LogP contribution in [0.1, 0.15) is 26.7 Å². The van der Waals surface area contributed by atoms with E-state index in [4.69, 9.17) is 4.74 Å². The van der Waals surface area contributed by atoms with Crippen molar-refractivity contribution in [3.05, 3.63) is 24.4 Å². The van der Waals surface area contributed by atoms with Gasteiger partial charge in [0, 0.05) is 24.0 Å². The van der Waals surface area contributed by atoms with Gasteiger partial charge < -0.3 is 19.9 Å². The number of likely N-dealkylation sites (tertiary alicyclic amines) is 1. The van der Waals surface area contributed by atoms with Gasteiger partial charge in [-0.2, -0.15) is 0 Å². The molecule has 1 saturated heterocycles. The van der Waals surface area contributed by atoms with Crippen LogP contribution >= 0.6 is 0 Å². The van der Waals surface area contributed by atoms with Gasteiger partial charge in [0.1, 0.15) is 5.75 Å². The van der Waals surface area contributed by atoms with Crippen LogP contribution < -0.4 is 10.1 Å². The van der Waals surface area contributed by atoms with Gasteiger partial charge in [0.2, 0.25) is 5.91 Å². The molecule has 1 fully saturated rings. The Bertz CT molecular complexity index is 672. The van der Waals surface area contributed by atoms with Gasteiger partial charge in [-0.05, 0) is 56.6 Å². The van der Waals surface area contributed by atoms with E-state index >= 15 is 0 Å². The molecule has 5 heteroatoms. The van der Waals surface area contributed by atoms with Crippen molar-refractivity contribution in [2.24, 2.45) is 5.92 Å². The number of benzene rings is 1. The lowest BCUT2D eigenvalue weighted by Crippen LogP contribution is -2.35. The number of fused-ring (bicyclic) bond motifs is 1. The summed E-state index contributed by atoms with van der Waals surface area (Å²) in [5, 5.41) is 3.83. The van der Waals surface area contributed by atoms with E-state index in [1.807, 2.05) is 24.4 Å². The van der Waals surface area contributed by atoms with Gasteiger partial charge in [-0.15, -0.1) is 0 Å². The van der Waals surface area contributed by atoms with Gasteiger partial charge in [-0.1, -0.05) is 6.92 Å². The fourth-order valence-electron chi connectivity index (χ4n) is 3.17. The molecule has 2 N–H and O–H groups in total. The fourth-order valence-corrected chi connectivity index (χ4v) is 3.17. The molecule has 23 heavy (non-hydrogen) atoms. The number of carbonyl (C=O) groups excluding carboxylic acids is 1. The van der Waals surface area contributed by atoms with E-state index in [1.165, 1.54) is 32.9 Å². The molecule has 0 bridgehead atoms. The number of ether oxygens (including phenoxy) is 1. The van der Waals surface area contributed by atoms with Crippen molar-refractivity contribution < 1.29 is 9.53 Å². The number of aromatic amines is 1. The maximum atomic E-state index is 11.3. The normalized spacial score (nSPS) is 16.6. The quantitative estimate of drug-likeness (QED) is 0.890. The lowest BCUT2D eigenvalue weighted by atomic mass is 9.98. The number of nitrogens with one attached hydrogen (secondary N) is 2. The predicted molar refractivity (Wildman–Crippen MR) is 92.9 cm³/mol. The van der Waals surface area contributed by atoms with Crippen molar-refractivity contribution in [3.63, 3.8) is 0 Å². The van der Waals surface area contributed by atoms with Crippen LogP contribution in [0.3, 0.4) is 0 Å². The summed E-state index contributed by atoms with van der Waals surface area (Å²) in [5.41, 5.74) is 1.80. The van der Waals surface area contributed by atoms with Gasteiger partial charge in [0.25, 0.3) is 0 Å². The molecule has 1 aliphatic heterocycles. The van der Waals surface area contributed by atoms with Gasteiger partial charge in [0.15, 0.2) is 0 Å². The predicted octanol–water partition coefficient (Wildman–Crippen LogP) is 3.24. The largest absolute Gasteiger partial charge is 0.493 e. The van der Waals surface area contributed by atoms with E-state index < -0.39 is 0 Å². The van der Waals surface area contributed by atoms with Crippen molar-refractivity contribution in [3.8, 4) is 5.75 Å². The third-order valence-electron chi connectivity index (χ3n) is 4.60. The van der Waals surface area contributed by atoms with Gasteiger partial charge in [-0.3, -0.25) is 4.79 Å². The Morgan fingerprint density at radius 1 is 1.39 bits per heavy atom. The van der Waals surface area contributed by atoms with E-state index in [0.29, 0.717) is 5.92 Å². The average molecular weight is 315 g/mol. The van der Waals surface area contributed by atoms with Crippen molar-refractivity contribution in [1.29, 1.82) is 0 Å². The fraction of sp³-hybridized carbons (Fsp3) is 0.500. The molecule has 0 unspecified atom stereocenters. The molecule has 0 saturated carbocycles. The summed E-state index contributed by atoms with van der Waals surface area (Å²) in [6.07, 6.45) is 4.23. The third kappa shape index (κ3) is 3.85. The number of H-pyrrole nitrogens is 1. The summed E-state index contributed by atoms with van der Waals surface area (Å²) in [6.45, 7) is 7.99. The minimum Gasteiger partial charge on any atom is -0.493 e. The number of amides is 1. The van der Waals surface area contributed by atoms with E-state index in [0.717, 1.165) is 35.5 Å². The smallest absolute Gasteiger partial charge is 0.221 e. The number of hydrogen-bond donors (Lipinski definition) is 2. The first-order chi connectivity index (χ1) is 11.2. The molecule has 0 atom stereocenters. The first-order valence-corrected chi connectivity index (χ1v) is 8.39. The Morgan fingerprint density at radius 3 is 2.87 bits per heavy atom. The van der Waals surface area contributed by atoms with Gasteiger partial charge in [0.05, 0.1) is 12.3 Å². The number of piperidine rings is 1. The highest BCUT2D eigenvalue weighted by molar-refractivity contribution is 6.01. The van der Waals surface area contributed by atoms with Gasteiger partial charge in [-0.25, -0.2) is 0 Å². The van der Waals surface area contributed by atoms with Gasteiger partial charge >= 0.3 is 0 Å². The van der Waals surface area contributed by atoms with Crippen molar-refractivity contribution in [2.45, 2.75) is 26.7 Å². The summed E-state index contributed by atoms with van der Waals surface area (Å²) in [6, 6.07) is 5.98. The Balaban J connectivity index is 1.63. The van der Waals surface area contributed by atoms with E-state index in [2.05, 4.69) is 22.1 Å². The second kappa shape index (κ2) is 7.04. The molecule has 1 aromatic carbocycles. The SMILES string of the molecule is CCN1CCC(COc2ccc3[nH]cc(NC(C)=O)c3c2)CC1. The molecule has 124 valence electrons. The van der Waals surface area contributed by atoms with Crippen molar-refractivity contribution >= 4 is 22.5 Å². The van der Waals surface area contributed by atoms with Crippen LogP contribution in [-0.2, 0) is 4.79 Å². The van der Waals surface area contributed by atoms with Crippen LogP contribution in [0, 0.1) is 5.92 Å². The number of carbonyl (C=O) groups is 1. The van der Waals surface area contributed by atoms with E-state index in [1.54, 1.807) is 0 Å². The molecule has 1 aromatic heterocycles. The van der Waals surface area contributed by atoms with Crippen LogP contribution in [-0.4, -0.2) is 42.0 Å². The molecule has 1 aliphatic rings. The van der Waals surface area contributed by atoms with E-state index in [9.17, 15) is 4.79 Å². The first kappa shape index (κ1) is 15.9. The van der Waals surface area contributed by atoms with Crippen LogP contribution in [0.15, 0.2) is 24.4 Å². The summed E-state index contributed by atoms with van der Waals surface area (Å²) >= 11 is 0. The molecule has 0 aliphatic carbocycles. The van der Waals surface area contributed by atoms with Crippen LogP contribution in [0.25, 0.3) is 10.9 Å². The molecule has 5 nitrogen and oxygen atoms in total. The molecular weight excluding hydrogens is 290 g/mol. The minimum absolute atomic E-state index is 0.0695. The zero-order valence-electron chi connectivity index (χ0n) is 13.9. The Morgan fingerprint density at radius 2 is 2.17 bits per heavy atom. The highest BCUT2D eigenvalue weighted by Crippen LogP contribution is 2.28. The molecule has 0 spiro atoms. The number of nitrogens with zero attached hydrogens (tertiary/aromatic N) is 1. The summed E-state index contributed by atoms with van der Waals surface area (Å²) < 4.78 is 6.01. The highest BCUT2D eigenvalue weighted by atomic mass is 16.5. The van der Waals surface area contributed by atoms with Crippen LogP contribution in [0.5, 0.6) is 5.75 Å².